The summed E-state index contributed by atoms with van der Waals surface area (Å²) in [5.74, 6) is -0.415. The van der Waals surface area contributed by atoms with Crippen molar-refractivity contribution in [1.29, 1.82) is 0 Å². The molecule has 0 saturated carbocycles. The van der Waals surface area contributed by atoms with Crippen LogP contribution in [0.1, 0.15) is 46.5 Å². The maximum atomic E-state index is 12.4. The number of hydrogen-bond donors (Lipinski definition) is 0. The average Bonchev–Trinajstić information content (AvgIpc) is 2.71. The van der Waals surface area contributed by atoms with Gasteiger partial charge in [0.25, 0.3) is 0 Å². The summed E-state index contributed by atoms with van der Waals surface area (Å²) in [7, 11) is 0. The third-order valence-corrected chi connectivity index (χ3v) is 5.00. The van der Waals surface area contributed by atoms with E-state index in [2.05, 4.69) is 19.9 Å². The van der Waals surface area contributed by atoms with Crippen molar-refractivity contribution in [2.45, 2.75) is 46.5 Å². The van der Waals surface area contributed by atoms with Crippen LogP contribution in [-0.2, 0) is 14.3 Å². The van der Waals surface area contributed by atoms with Crippen molar-refractivity contribution in [3.8, 4) is 0 Å². The summed E-state index contributed by atoms with van der Waals surface area (Å²) < 4.78 is 5.25. The second-order valence-electron chi connectivity index (χ2n) is 6.66. The first-order valence-corrected chi connectivity index (χ1v) is 7.41. The summed E-state index contributed by atoms with van der Waals surface area (Å²) in [6.07, 6.45) is 11.6. The van der Waals surface area contributed by atoms with Crippen LogP contribution < -0.4 is 0 Å². The van der Waals surface area contributed by atoms with Gasteiger partial charge in [-0.15, -0.1) is 0 Å². The molecule has 0 aliphatic heterocycles. The number of esters is 1. The van der Waals surface area contributed by atoms with E-state index in [9.17, 15) is 9.59 Å². The lowest BCUT2D eigenvalue weighted by molar-refractivity contribution is -0.154. The Bertz CT molecular complexity index is 459. The van der Waals surface area contributed by atoms with Gasteiger partial charge in [-0.05, 0) is 31.1 Å². The topological polar surface area (TPSA) is 43.4 Å². The number of hydrogen-bond acceptors (Lipinski definition) is 3. The van der Waals surface area contributed by atoms with Crippen molar-refractivity contribution >= 4 is 11.8 Å². The van der Waals surface area contributed by atoms with Gasteiger partial charge in [0.1, 0.15) is 0 Å². The molecule has 0 fully saturated rings. The smallest absolute Gasteiger partial charge is 0.313 e. The van der Waals surface area contributed by atoms with Gasteiger partial charge in [0.15, 0.2) is 12.4 Å². The Morgan fingerprint density at radius 1 is 1.25 bits per heavy atom. The number of carbonyl (C=O) groups is 2. The highest BCUT2D eigenvalue weighted by Crippen LogP contribution is 2.48. The fourth-order valence-electron chi connectivity index (χ4n) is 2.92. The minimum Gasteiger partial charge on any atom is -0.457 e. The van der Waals surface area contributed by atoms with Gasteiger partial charge >= 0.3 is 5.97 Å². The van der Waals surface area contributed by atoms with Gasteiger partial charge in [0.2, 0.25) is 0 Å². The molecule has 3 heteroatoms. The second kappa shape index (κ2) is 5.55. The first-order chi connectivity index (χ1) is 9.37. The van der Waals surface area contributed by atoms with Crippen LogP contribution >= 0.6 is 0 Å². The highest BCUT2D eigenvalue weighted by molar-refractivity contribution is 5.89. The third-order valence-electron chi connectivity index (χ3n) is 5.00. The van der Waals surface area contributed by atoms with Gasteiger partial charge in [0.05, 0.1) is 5.92 Å². The molecule has 0 spiro atoms. The fraction of sp³-hybridized carbons (Fsp3) is 0.647. The molecule has 1 unspecified atom stereocenters. The Labute approximate surface area is 121 Å². The first-order valence-electron chi connectivity index (χ1n) is 7.41. The molecule has 2 rings (SSSR count). The van der Waals surface area contributed by atoms with Gasteiger partial charge in [-0.3, -0.25) is 9.59 Å². The molecule has 20 heavy (non-hydrogen) atoms. The zero-order valence-electron chi connectivity index (χ0n) is 12.6. The Balaban J connectivity index is 1.91. The highest BCUT2D eigenvalue weighted by Gasteiger charge is 2.47. The second-order valence-corrected chi connectivity index (χ2v) is 6.66. The van der Waals surface area contributed by atoms with E-state index in [0.717, 1.165) is 25.7 Å². The standard InChI is InChI=1S/C17H24O3/c1-16(2)10-7-11-17(16,3)14(18)12-20-15(19)13-8-5-4-6-9-13/h5,7-8,10,13H,4,6,9,11-12H2,1-3H3/t13?,17-/m0/s1. The molecule has 2 aliphatic rings. The molecular formula is C17H24O3. The van der Waals surface area contributed by atoms with Crippen LogP contribution in [-0.4, -0.2) is 18.4 Å². The van der Waals surface area contributed by atoms with E-state index < -0.39 is 5.41 Å². The Hall–Kier alpha value is -1.38. The molecule has 0 bridgehead atoms. The lowest BCUT2D eigenvalue weighted by Gasteiger charge is -2.36. The van der Waals surface area contributed by atoms with E-state index in [-0.39, 0.29) is 29.7 Å². The summed E-state index contributed by atoms with van der Waals surface area (Å²) in [6.45, 7) is 5.97. The van der Waals surface area contributed by atoms with Crippen molar-refractivity contribution in [1.82, 2.24) is 0 Å². The fourth-order valence-corrected chi connectivity index (χ4v) is 2.92. The van der Waals surface area contributed by atoms with Crippen molar-refractivity contribution in [3.63, 3.8) is 0 Å². The van der Waals surface area contributed by atoms with E-state index in [1.807, 2.05) is 25.2 Å². The van der Waals surface area contributed by atoms with Crippen LogP contribution in [0.25, 0.3) is 0 Å². The molecule has 0 heterocycles. The average molecular weight is 276 g/mol. The molecule has 0 aromatic heterocycles. The van der Waals surface area contributed by atoms with Gasteiger partial charge in [-0.25, -0.2) is 0 Å². The number of rotatable bonds is 4. The first kappa shape index (κ1) is 15.0. The Kier molecular flexibility index (Phi) is 4.17. The van der Waals surface area contributed by atoms with Crippen molar-refractivity contribution in [2.75, 3.05) is 6.61 Å². The van der Waals surface area contributed by atoms with Crippen LogP contribution in [0.15, 0.2) is 24.3 Å². The molecular weight excluding hydrogens is 252 g/mol. The van der Waals surface area contributed by atoms with Crippen LogP contribution in [0, 0.1) is 16.7 Å². The zero-order valence-corrected chi connectivity index (χ0v) is 12.6. The summed E-state index contributed by atoms with van der Waals surface area (Å²) in [4.78, 5) is 24.4. The molecule has 0 aromatic carbocycles. The SMILES string of the molecule is CC1(C)C=CC[C@@]1(C)C(=O)COC(=O)C1C=CCCC1. The molecule has 0 radical (unpaired) electrons. The van der Waals surface area contributed by atoms with E-state index in [1.165, 1.54) is 0 Å². The van der Waals surface area contributed by atoms with Gasteiger partial charge in [-0.2, -0.15) is 0 Å². The summed E-state index contributed by atoms with van der Waals surface area (Å²) in [6, 6.07) is 0. The van der Waals surface area contributed by atoms with Crippen molar-refractivity contribution in [2.24, 2.45) is 16.7 Å². The third kappa shape index (κ3) is 2.72. The Morgan fingerprint density at radius 2 is 2.00 bits per heavy atom. The monoisotopic (exact) mass is 276 g/mol. The minimum atomic E-state index is -0.463. The zero-order chi connectivity index (χ0) is 14.8. The van der Waals surface area contributed by atoms with Gasteiger partial charge in [0, 0.05) is 5.41 Å². The quantitative estimate of drug-likeness (QED) is 0.583. The highest BCUT2D eigenvalue weighted by atomic mass is 16.5. The van der Waals surface area contributed by atoms with Crippen LogP contribution in [0.3, 0.4) is 0 Å². The van der Waals surface area contributed by atoms with Crippen molar-refractivity contribution in [3.05, 3.63) is 24.3 Å². The lowest BCUT2D eigenvalue weighted by Crippen LogP contribution is -2.40. The molecule has 3 nitrogen and oxygen atoms in total. The summed E-state index contributed by atoms with van der Waals surface area (Å²) in [5, 5.41) is 0. The maximum Gasteiger partial charge on any atom is 0.313 e. The lowest BCUT2D eigenvalue weighted by atomic mass is 9.66. The number of ether oxygens (including phenoxy) is 1. The van der Waals surface area contributed by atoms with Gasteiger partial charge in [-0.1, -0.05) is 45.1 Å². The summed E-state index contributed by atoms with van der Waals surface area (Å²) >= 11 is 0. The molecule has 0 saturated heterocycles. The van der Waals surface area contributed by atoms with E-state index in [4.69, 9.17) is 4.74 Å². The predicted octanol–water partition coefficient (Wildman–Crippen LogP) is 3.45. The maximum absolute atomic E-state index is 12.4. The molecule has 2 aliphatic carbocycles. The number of Topliss-reactive ketones (excluding diaryl/α,β-unsaturated/α-hetero) is 1. The largest absolute Gasteiger partial charge is 0.457 e. The van der Waals surface area contributed by atoms with E-state index in [1.54, 1.807) is 0 Å². The summed E-state index contributed by atoms with van der Waals surface area (Å²) in [5.41, 5.74) is -0.642. The Morgan fingerprint density at radius 3 is 2.55 bits per heavy atom. The molecule has 110 valence electrons. The molecule has 0 aromatic rings. The van der Waals surface area contributed by atoms with E-state index >= 15 is 0 Å². The number of carbonyl (C=O) groups excluding carboxylic acids is 2. The van der Waals surface area contributed by atoms with Crippen molar-refractivity contribution < 1.29 is 14.3 Å². The molecule has 2 atom stereocenters. The van der Waals surface area contributed by atoms with Crippen LogP contribution in [0.5, 0.6) is 0 Å². The number of ketones is 1. The predicted molar refractivity (Wildman–Crippen MR) is 78.1 cm³/mol. The number of allylic oxidation sites excluding steroid dienone is 3. The molecule has 0 N–H and O–H groups in total. The van der Waals surface area contributed by atoms with Gasteiger partial charge < -0.3 is 4.74 Å². The van der Waals surface area contributed by atoms with E-state index in [0.29, 0.717) is 0 Å². The van der Waals surface area contributed by atoms with Crippen LogP contribution in [0.2, 0.25) is 0 Å². The normalized spacial score (nSPS) is 31.2. The molecule has 0 amide bonds. The van der Waals surface area contributed by atoms with Crippen LogP contribution in [0.4, 0.5) is 0 Å². The minimum absolute atomic E-state index is 0.0145.